The van der Waals surface area contributed by atoms with Crippen LogP contribution in [0, 0.1) is 5.92 Å². The van der Waals surface area contributed by atoms with Crippen molar-refractivity contribution in [2.45, 2.75) is 72.6 Å². The number of ether oxygens (including phenoxy) is 1. The minimum absolute atomic E-state index is 0.108. The van der Waals surface area contributed by atoms with Gasteiger partial charge in [0, 0.05) is 43.1 Å². The normalized spacial score (nSPS) is 15.7. The van der Waals surface area contributed by atoms with Crippen LogP contribution in [0.25, 0.3) is 0 Å². The molecule has 0 saturated carbocycles. The van der Waals surface area contributed by atoms with Gasteiger partial charge in [0.2, 0.25) is 5.91 Å². The largest absolute Gasteiger partial charge is 0.376 e. The molecule has 0 aliphatic carbocycles. The second-order valence-electron chi connectivity index (χ2n) is 6.50. The maximum Gasteiger partial charge on any atom is 0.220 e. The molecule has 0 fully saturated rings. The van der Waals surface area contributed by atoms with E-state index in [9.17, 15) is 4.79 Å². The molecule has 0 radical (unpaired) electrons. The fourth-order valence-electron chi connectivity index (χ4n) is 2.70. The summed E-state index contributed by atoms with van der Waals surface area (Å²) in [4.78, 5) is 12.1. The molecule has 5 nitrogen and oxygen atoms in total. The average Bonchev–Trinajstić information content (AvgIpc) is 2.84. The van der Waals surface area contributed by atoms with Crippen LogP contribution in [0.2, 0.25) is 0 Å². The lowest BCUT2D eigenvalue weighted by Crippen LogP contribution is -2.36. The second-order valence-corrected chi connectivity index (χ2v) is 6.50. The van der Waals surface area contributed by atoms with Crippen LogP contribution in [0.5, 0.6) is 0 Å². The predicted molar refractivity (Wildman–Crippen MR) is 86.6 cm³/mol. The third-order valence-electron chi connectivity index (χ3n) is 4.39. The van der Waals surface area contributed by atoms with Gasteiger partial charge in [-0.05, 0) is 19.3 Å². The van der Waals surface area contributed by atoms with Crippen LogP contribution in [-0.4, -0.2) is 28.3 Å². The lowest BCUT2D eigenvalue weighted by molar-refractivity contribution is -0.121. The van der Waals surface area contributed by atoms with Crippen LogP contribution in [0.1, 0.15) is 57.5 Å². The molecule has 2 rings (SSSR count). The number of hydrogen-bond acceptors (Lipinski definition) is 3. The zero-order valence-corrected chi connectivity index (χ0v) is 14.3. The Kier molecular flexibility index (Phi) is 6.00. The van der Waals surface area contributed by atoms with E-state index >= 15 is 0 Å². The molecule has 1 aromatic heterocycles. The standard InChI is InChI=1S/C17H29N3O2/c1-5-9-20-16-8-10-22-11-14(16)15(19-20)6-7-17(21)18-13(4)12(2)3/h12-13H,5-11H2,1-4H3,(H,18,21). The lowest BCUT2D eigenvalue weighted by atomic mass is 10.0. The van der Waals surface area contributed by atoms with Crippen molar-refractivity contribution in [2.75, 3.05) is 6.61 Å². The highest BCUT2D eigenvalue weighted by Crippen LogP contribution is 2.22. The van der Waals surface area contributed by atoms with E-state index in [-0.39, 0.29) is 11.9 Å². The lowest BCUT2D eigenvalue weighted by Gasteiger charge is -2.17. The van der Waals surface area contributed by atoms with Crippen molar-refractivity contribution in [1.29, 1.82) is 0 Å². The van der Waals surface area contributed by atoms with Gasteiger partial charge in [-0.25, -0.2) is 0 Å². The fraction of sp³-hybridized carbons (Fsp3) is 0.765. The number of aromatic nitrogens is 2. The topological polar surface area (TPSA) is 56.2 Å². The van der Waals surface area contributed by atoms with E-state index in [2.05, 4.69) is 30.8 Å². The monoisotopic (exact) mass is 307 g/mol. The minimum atomic E-state index is 0.108. The van der Waals surface area contributed by atoms with Crippen molar-refractivity contribution in [2.24, 2.45) is 5.92 Å². The third-order valence-corrected chi connectivity index (χ3v) is 4.39. The third kappa shape index (κ3) is 4.09. The fourth-order valence-corrected chi connectivity index (χ4v) is 2.70. The molecule has 0 bridgehead atoms. The molecule has 1 aromatic rings. The summed E-state index contributed by atoms with van der Waals surface area (Å²) >= 11 is 0. The number of carbonyl (C=O) groups is 1. The van der Waals surface area contributed by atoms with E-state index in [1.807, 2.05) is 6.92 Å². The van der Waals surface area contributed by atoms with Crippen molar-refractivity contribution >= 4 is 5.91 Å². The Bertz CT molecular complexity index is 508. The summed E-state index contributed by atoms with van der Waals surface area (Å²) in [5.74, 6) is 0.561. The van der Waals surface area contributed by atoms with E-state index in [0.29, 0.717) is 25.4 Å². The molecular formula is C17H29N3O2. The molecule has 2 heterocycles. The van der Waals surface area contributed by atoms with E-state index in [0.717, 1.165) is 31.7 Å². The Labute approximate surface area is 133 Å². The molecular weight excluding hydrogens is 278 g/mol. The average molecular weight is 307 g/mol. The molecule has 1 unspecified atom stereocenters. The van der Waals surface area contributed by atoms with Gasteiger partial charge in [0.15, 0.2) is 0 Å². The van der Waals surface area contributed by atoms with Gasteiger partial charge in [-0.3, -0.25) is 9.48 Å². The Hall–Kier alpha value is -1.36. The Morgan fingerprint density at radius 3 is 2.86 bits per heavy atom. The van der Waals surface area contributed by atoms with Crippen molar-refractivity contribution in [3.63, 3.8) is 0 Å². The first-order valence-corrected chi connectivity index (χ1v) is 8.47. The first kappa shape index (κ1) is 17.0. The molecule has 1 atom stereocenters. The molecule has 0 aromatic carbocycles. The van der Waals surface area contributed by atoms with Crippen LogP contribution in [0.15, 0.2) is 0 Å². The Morgan fingerprint density at radius 2 is 2.18 bits per heavy atom. The van der Waals surface area contributed by atoms with Gasteiger partial charge in [-0.1, -0.05) is 20.8 Å². The predicted octanol–water partition coefficient (Wildman–Crippen LogP) is 2.46. The van der Waals surface area contributed by atoms with Gasteiger partial charge >= 0.3 is 0 Å². The van der Waals surface area contributed by atoms with Crippen LogP contribution in [-0.2, 0) is 35.5 Å². The molecule has 0 spiro atoms. The van der Waals surface area contributed by atoms with Crippen molar-refractivity contribution in [1.82, 2.24) is 15.1 Å². The van der Waals surface area contributed by atoms with E-state index in [1.54, 1.807) is 0 Å². The van der Waals surface area contributed by atoms with E-state index in [4.69, 9.17) is 9.84 Å². The number of amides is 1. The van der Waals surface area contributed by atoms with Crippen LogP contribution < -0.4 is 5.32 Å². The van der Waals surface area contributed by atoms with E-state index in [1.165, 1.54) is 11.3 Å². The molecule has 1 aliphatic heterocycles. The molecule has 1 N–H and O–H groups in total. The highest BCUT2D eigenvalue weighted by Gasteiger charge is 2.21. The van der Waals surface area contributed by atoms with Crippen molar-refractivity contribution in [3.05, 3.63) is 17.0 Å². The highest BCUT2D eigenvalue weighted by molar-refractivity contribution is 5.76. The van der Waals surface area contributed by atoms with Crippen LogP contribution >= 0.6 is 0 Å². The van der Waals surface area contributed by atoms with E-state index < -0.39 is 0 Å². The second kappa shape index (κ2) is 7.77. The number of nitrogens with zero attached hydrogens (tertiary/aromatic N) is 2. The number of carbonyl (C=O) groups excluding carboxylic acids is 1. The van der Waals surface area contributed by atoms with Gasteiger partial charge in [-0.15, -0.1) is 0 Å². The van der Waals surface area contributed by atoms with Crippen LogP contribution in [0.3, 0.4) is 0 Å². The molecule has 22 heavy (non-hydrogen) atoms. The first-order chi connectivity index (χ1) is 10.5. The van der Waals surface area contributed by atoms with Crippen molar-refractivity contribution in [3.8, 4) is 0 Å². The number of hydrogen-bond donors (Lipinski definition) is 1. The summed E-state index contributed by atoms with van der Waals surface area (Å²) in [6, 6.07) is 0.211. The van der Waals surface area contributed by atoms with Gasteiger partial charge in [0.05, 0.1) is 18.9 Å². The van der Waals surface area contributed by atoms with Crippen molar-refractivity contribution < 1.29 is 9.53 Å². The van der Waals surface area contributed by atoms with Gasteiger partial charge < -0.3 is 10.1 Å². The molecule has 1 amide bonds. The van der Waals surface area contributed by atoms with Gasteiger partial charge in [0.1, 0.15) is 0 Å². The van der Waals surface area contributed by atoms with Gasteiger partial charge in [0.25, 0.3) is 0 Å². The Morgan fingerprint density at radius 1 is 1.41 bits per heavy atom. The molecule has 0 saturated heterocycles. The smallest absolute Gasteiger partial charge is 0.220 e. The maximum atomic E-state index is 12.1. The minimum Gasteiger partial charge on any atom is -0.376 e. The number of aryl methyl sites for hydroxylation is 2. The Balaban J connectivity index is 1.99. The molecule has 5 heteroatoms. The van der Waals surface area contributed by atoms with Gasteiger partial charge in [-0.2, -0.15) is 5.10 Å². The zero-order valence-electron chi connectivity index (χ0n) is 14.3. The number of nitrogens with one attached hydrogen (secondary N) is 1. The zero-order chi connectivity index (χ0) is 16.1. The maximum absolute atomic E-state index is 12.1. The molecule has 124 valence electrons. The highest BCUT2D eigenvalue weighted by atomic mass is 16.5. The summed E-state index contributed by atoms with van der Waals surface area (Å²) < 4.78 is 7.69. The number of rotatable bonds is 7. The summed E-state index contributed by atoms with van der Waals surface area (Å²) in [5.41, 5.74) is 3.55. The summed E-state index contributed by atoms with van der Waals surface area (Å²) in [7, 11) is 0. The first-order valence-electron chi connectivity index (χ1n) is 8.47. The SMILES string of the molecule is CCCn1nc(CCC(=O)NC(C)C(C)C)c2c1CCOC2. The summed E-state index contributed by atoms with van der Waals surface area (Å²) in [6.45, 7) is 10.8. The quantitative estimate of drug-likeness (QED) is 0.842. The summed E-state index contributed by atoms with van der Waals surface area (Å²) in [6.07, 6.45) is 3.19. The number of fused-ring (bicyclic) bond motifs is 1. The summed E-state index contributed by atoms with van der Waals surface area (Å²) in [5, 5.41) is 7.78. The molecule has 1 aliphatic rings. The van der Waals surface area contributed by atoms with Crippen LogP contribution in [0.4, 0.5) is 0 Å².